The lowest BCUT2D eigenvalue weighted by Crippen LogP contribution is -2.18. The Bertz CT molecular complexity index is 762. The minimum Gasteiger partial charge on any atom is -0.371 e. The summed E-state index contributed by atoms with van der Waals surface area (Å²) >= 11 is 0. The number of anilines is 1. The molecule has 1 fully saturated rings. The Morgan fingerprint density at radius 2 is 1.71 bits per heavy atom. The minimum absolute atomic E-state index is 1.01. The fourth-order valence-electron chi connectivity index (χ4n) is 3.06. The van der Waals surface area contributed by atoms with Crippen molar-refractivity contribution in [2.24, 2.45) is 0 Å². The van der Waals surface area contributed by atoms with Gasteiger partial charge in [-0.05, 0) is 49.2 Å². The van der Waals surface area contributed by atoms with E-state index < -0.39 is 0 Å². The lowest BCUT2D eigenvalue weighted by atomic mass is 10.1. The number of rotatable bonds is 2. The quantitative estimate of drug-likeness (QED) is 0.710. The van der Waals surface area contributed by atoms with Crippen molar-refractivity contribution in [3.05, 3.63) is 54.9 Å². The second-order valence-electron chi connectivity index (χ2n) is 5.47. The number of hydrogen-bond acceptors (Lipinski definition) is 3. The van der Waals surface area contributed by atoms with Gasteiger partial charge in [-0.1, -0.05) is 6.07 Å². The third-order valence-electron chi connectivity index (χ3n) is 4.11. The molecule has 104 valence electrons. The molecule has 2 aromatic heterocycles. The number of aromatic nitrogens is 2. The molecule has 0 saturated carbocycles. The molecule has 0 bridgehead atoms. The molecule has 0 radical (unpaired) electrons. The van der Waals surface area contributed by atoms with Gasteiger partial charge in [0.2, 0.25) is 0 Å². The largest absolute Gasteiger partial charge is 0.371 e. The smallest absolute Gasteiger partial charge is 0.0729 e. The fraction of sp³-hybridized carbons (Fsp3) is 0.222. The van der Waals surface area contributed by atoms with E-state index in [1.54, 1.807) is 0 Å². The standard InChI is InChI=1S/C18H17N3/c1-2-8-19-16(7-1)14-12-17-15(6-5-9-20-17)18(13-14)21-10-3-4-11-21/h1-2,5-9,12-13H,3-4,10-11H2. The van der Waals surface area contributed by atoms with E-state index >= 15 is 0 Å². The molecule has 3 heterocycles. The van der Waals surface area contributed by atoms with Crippen molar-refractivity contribution in [2.75, 3.05) is 18.0 Å². The molecule has 0 atom stereocenters. The van der Waals surface area contributed by atoms with Crippen LogP contribution in [0.2, 0.25) is 0 Å². The van der Waals surface area contributed by atoms with E-state index in [4.69, 9.17) is 0 Å². The van der Waals surface area contributed by atoms with E-state index in [2.05, 4.69) is 39.1 Å². The van der Waals surface area contributed by atoms with E-state index in [0.717, 1.165) is 29.9 Å². The number of fused-ring (bicyclic) bond motifs is 1. The zero-order chi connectivity index (χ0) is 14.1. The molecule has 0 N–H and O–H groups in total. The van der Waals surface area contributed by atoms with Gasteiger partial charge in [0.15, 0.2) is 0 Å². The lowest BCUT2D eigenvalue weighted by Gasteiger charge is -2.20. The van der Waals surface area contributed by atoms with Gasteiger partial charge in [-0.2, -0.15) is 0 Å². The Balaban J connectivity index is 1.93. The van der Waals surface area contributed by atoms with Crippen LogP contribution in [0.3, 0.4) is 0 Å². The first-order valence-electron chi connectivity index (χ1n) is 7.47. The molecule has 21 heavy (non-hydrogen) atoms. The maximum absolute atomic E-state index is 4.54. The summed E-state index contributed by atoms with van der Waals surface area (Å²) in [6.45, 7) is 2.27. The Kier molecular flexibility index (Phi) is 3.03. The van der Waals surface area contributed by atoms with E-state index in [1.165, 1.54) is 23.9 Å². The molecule has 4 rings (SSSR count). The van der Waals surface area contributed by atoms with E-state index in [1.807, 2.05) is 30.6 Å². The van der Waals surface area contributed by atoms with Gasteiger partial charge < -0.3 is 4.90 Å². The summed E-state index contributed by atoms with van der Waals surface area (Å²) < 4.78 is 0. The Labute approximate surface area is 124 Å². The van der Waals surface area contributed by atoms with Crippen LogP contribution in [0.25, 0.3) is 22.2 Å². The second kappa shape index (κ2) is 5.17. The fourth-order valence-corrected chi connectivity index (χ4v) is 3.06. The summed E-state index contributed by atoms with van der Waals surface area (Å²) in [5.41, 5.74) is 4.48. The summed E-state index contributed by atoms with van der Waals surface area (Å²) in [7, 11) is 0. The third-order valence-corrected chi connectivity index (χ3v) is 4.11. The molecular formula is C18H17N3. The number of hydrogen-bond donors (Lipinski definition) is 0. The first-order valence-corrected chi connectivity index (χ1v) is 7.47. The highest BCUT2D eigenvalue weighted by Gasteiger charge is 2.16. The molecular weight excluding hydrogens is 258 g/mol. The van der Waals surface area contributed by atoms with Crippen LogP contribution >= 0.6 is 0 Å². The van der Waals surface area contributed by atoms with Crippen molar-refractivity contribution in [3.63, 3.8) is 0 Å². The van der Waals surface area contributed by atoms with Crippen LogP contribution in [0, 0.1) is 0 Å². The average Bonchev–Trinajstić information content (AvgIpc) is 3.09. The van der Waals surface area contributed by atoms with Gasteiger partial charge in [0.05, 0.1) is 11.2 Å². The minimum atomic E-state index is 1.01. The first kappa shape index (κ1) is 12.3. The Morgan fingerprint density at radius 3 is 2.52 bits per heavy atom. The van der Waals surface area contributed by atoms with Crippen LogP contribution < -0.4 is 4.90 Å². The maximum Gasteiger partial charge on any atom is 0.0729 e. The summed E-state index contributed by atoms with van der Waals surface area (Å²) in [6, 6.07) is 14.6. The molecule has 0 spiro atoms. The van der Waals surface area contributed by atoms with Gasteiger partial charge in [-0.15, -0.1) is 0 Å². The number of pyridine rings is 2. The predicted octanol–water partition coefficient (Wildman–Crippen LogP) is 3.90. The molecule has 3 heteroatoms. The molecule has 3 nitrogen and oxygen atoms in total. The molecule has 1 aromatic carbocycles. The lowest BCUT2D eigenvalue weighted by molar-refractivity contribution is 0.949. The second-order valence-corrected chi connectivity index (χ2v) is 5.47. The maximum atomic E-state index is 4.54. The van der Waals surface area contributed by atoms with Crippen LogP contribution in [0.1, 0.15) is 12.8 Å². The molecule has 3 aromatic rings. The molecule has 0 aliphatic carbocycles. The van der Waals surface area contributed by atoms with Crippen molar-refractivity contribution in [2.45, 2.75) is 12.8 Å². The van der Waals surface area contributed by atoms with Gasteiger partial charge in [-0.25, -0.2) is 0 Å². The van der Waals surface area contributed by atoms with E-state index in [9.17, 15) is 0 Å². The molecule has 1 aliphatic rings. The van der Waals surface area contributed by atoms with Gasteiger partial charge in [0.1, 0.15) is 0 Å². The highest BCUT2D eigenvalue weighted by atomic mass is 15.1. The first-order chi connectivity index (χ1) is 10.4. The normalized spacial score (nSPS) is 14.8. The monoisotopic (exact) mass is 275 g/mol. The van der Waals surface area contributed by atoms with E-state index in [-0.39, 0.29) is 0 Å². The predicted molar refractivity (Wildman–Crippen MR) is 86.4 cm³/mol. The van der Waals surface area contributed by atoms with Crippen LogP contribution in [0.5, 0.6) is 0 Å². The van der Waals surface area contributed by atoms with Crippen molar-refractivity contribution in [1.29, 1.82) is 0 Å². The zero-order valence-corrected chi connectivity index (χ0v) is 11.9. The topological polar surface area (TPSA) is 29.0 Å². The highest BCUT2D eigenvalue weighted by molar-refractivity contribution is 5.95. The van der Waals surface area contributed by atoms with Crippen LogP contribution in [0.15, 0.2) is 54.9 Å². The summed E-state index contributed by atoms with van der Waals surface area (Å²) in [5.74, 6) is 0. The van der Waals surface area contributed by atoms with Crippen molar-refractivity contribution < 1.29 is 0 Å². The molecule has 0 amide bonds. The van der Waals surface area contributed by atoms with Gasteiger partial charge in [0.25, 0.3) is 0 Å². The van der Waals surface area contributed by atoms with Crippen LogP contribution in [-0.2, 0) is 0 Å². The van der Waals surface area contributed by atoms with Crippen molar-refractivity contribution in [3.8, 4) is 11.3 Å². The van der Waals surface area contributed by atoms with Gasteiger partial charge in [-0.3, -0.25) is 9.97 Å². The van der Waals surface area contributed by atoms with Crippen LogP contribution in [-0.4, -0.2) is 23.1 Å². The third kappa shape index (κ3) is 2.25. The molecule has 0 unspecified atom stereocenters. The Morgan fingerprint density at radius 1 is 0.857 bits per heavy atom. The van der Waals surface area contributed by atoms with Gasteiger partial charge in [0, 0.05) is 42.1 Å². The Hall–Kier alpha value is -2.42. The molecule has 1 aliphatic heterocycles. The summed E-state index contributed by atoms with van der Waals surface area (Å²) in [4.78, 5) is 11.5. The number of benzene rings is 1. The summed E-state index contributed by atoms with van der Waals surface area (Å²) in [6.07, 6.45) is 6.25. The van der Waals surface area contributed by atoms with Crippen LogP contribution in [0.4, 0.5) is 5.69 Å². The highest BCUT2D eigenvalue weighted by Crippen LogP contribution is 2.33. The zero-order valence-electron chi connectivity index (χ0n) is 11.9. The number of nitrogens with zero attached hydrogens (tertiary/aromatic N) is 3. The average molecular weight is 275 g/mol. The molecule has 1 saturated heterocycles. The van der Waals surface area contributed by atoms with Crippen molar-refractivity contribution >= 4 is 16.6 Å². The van der Waals surface area contributed by atoms with E-state index in [0.29, 0.717) is 0 Å². The summed E-state index contributed by atoms with van der Waals surface area (Å²) in [5, 5.41) is 1.24. The van der Waals surface area contributed by atoms with Crippen molar-refractivity contribution in [1.82, 2.24) is 9.97 Å². The van der Waals surface area contributed by atoms with Gasteiger partial charge >= 0.3 is 0 Å². The SMILES string of the molecule is c1ccc(-c2cc(N3CCCC3)c3cccnc3c2)nc1.